The molecule has 9 rings (SSSR count). The number of para-hydroxylation sites is 1. The van der Waals surface area contributed by atoms with E-state index in [2.05, 4.69) is 181 Å². The third-order valence-corrected chi connectivity index (χ3v) is 10.1. The molecule has 1 unspecified atom stereocenters. The first-order chi connectivity index (χ1) is 22.8. The summed E-state index contributed by atoms with van der Waals surface area (Å²) in [5, 5.41) is 5.16. The van der Waals surface area contributed by atoms with Crippen LogP contribution in [0.3, 0.4) is 0 Å². The van der Waals surface area contributed by atoms with Gasteiger partial charge in [-0.3, -0.25) is 0 Å². The zero-order valence-electron chi connectivity index (χ0n) is 25.6. The predicted octanol–water partition coefficient (Wildman–Crippen LogP) is 12.0. The minimum atomic E-state index is -0.0961. The van der Waals surface area contributed by atoms with Gasteiger partial charge in [-0.15, -0.1) is 0 Å². The van der Waals surface area contributed by atoms with Crippen LogP contribution in [0, 0.1) is 0 Å². The molecule has 1 heteroatoms. The molecular weight excluding hydrogens is 555 g/mol. The molecular formula is C45H33N. The van der Waals surface area contributed by atoms with Crippen molar-refractivity contribution in [2.24, 2.45) is 0 Å². The number of hydrogen-bond donors (Lipinski definition) is 0. The van der Waals surface area contributed by atoms with Gasteiger partial charge in [0.2, 0.25) is 0 Å². The molecule has 0 saturated heterocycles. The molecule has 0 bridgehead atoms. The molecule has 2 aliphatic rings. The number of allylic oxidation sites excluding steroid dienone is 2. The highest BCUT2D eigenvalue weighted by atomic mass is 15.1. The highest BCUT2D eigenvalue weighted by Crippen LogP contribution is 2.51. The molecule has 2 aliphatic carbocycles. The van der Waals surface area contributed by atoms with Crippen LogP contribution < -0.4 is 4.90 Å². The van der Waals surface area contributed by atoms with E-state index in [0.29, 0.717) is 0 Å². The molecule has 0 N–H and O–H groups in total. The molecule has 1 nitrogen and oxygen atoms in total. The fourth-order valence-corrected chi connectivity index (χ4v) is 7.95. The second-order valence-corrected chi connectivity index (χ2v) is 12.5. The smallest absolute Gasteiger partial charge is 0.0540 e. The van der Waals surface area contributed by atoms with Crippen LogP contribution in [0.25, 0.3) is 33.2 Å². The van der Waals surface area contributed by atoms with Gasteiger partial charge in [-0.25, -0.2) is 0 Å². The lowest BCUT2D eigenvalue weighted by Gasteiger charge is -2.37. The summed E-state index contributed by atoms with van der Waals surface area (Å²) in [4.78, 5) is 2.38. The zero-order valence-corrected chi connectivity index (χ0v) is 25.6. The van der Waals surface area contributed by atoms with Crippen molar-refractivity contribution >= 4 is 50.3 Å². The predicted molar refractivity (Wildman–Crippen MR) is 195 cm³/mol. The van der Waals surface area contributed by atoms with Gasteiger partial charge < -0.3 is 4.90 Å². The maximum Gasteiger partial charge on any atom is 0.0540 e. The summed E-state index contributed by atoms with van der Waals surface area (Å²) < 4.78 is 0. The highest BCUT2D eigenvalue weighted by molar-refractivity contribution is 6.02. The minimum Gasteiger partial charge on any atom is -0.310 e. The standard InChI is InChI=1S/C45H33N/c1-2-18-36(19-3-1)46(43-24-10-14-32-12-4-6-20-39(32)43)37-27-25-33(26-28-37)38-29-31-45(30-11-17-34-13-5-7-22-41(34)45)42-23-9-16-35-15-8-21-40(38)44(35)42/h1-29H,30-31H2. The second-order valence-electron chi connectivity index (χ2n) is 12.5. The van der Waals surface area contributed by atoms with Crippen LogP contribution in [0.2, 0.25) is 0 Å². The van der Waals surface area contributed by atoms with Crippen molar-refractivity contribution < 1.29 is 0 Å². The molecule has 1 atom stereocenters. The monoisotopic (exact) mass is 587 g/mol. The van der Waals surface area contributed by atoms with Gasteiger partial charge in [-0.1, -0.05) is 146 Å². The Morgan fingerprint density at radius 2 is 1.17 bits per heavy atom. The van der Waals surface area contributed by atoms with Crippen molar-refractivity contribution in [3.63, 3.8) is 0 Å². The van der Waals surface area contributed by atoms with E-state index in [1.807, 2.05) is 0 Å². The first-order valence-electron chi connectivity index (χ1n) is 16.2. The Balaban J connectivity index is 1.20. The molecule has 0 heterocycles. The van der Waals surface area contributed by atoms with E-state index in [1.54, 1.807) is 0 Å². The Hall–Kier alpha value is -5.66. The van der Waals surface area contributed by atoms with Crippen LogP contribution in [0.15, 0.2) is 170 Å². The maximum atomic E-state index is 2.51. The molecule has 0 fully saturated rings. The van der Waals surface area contributed by atoms with Crippen LogP contribution >= 0.6 is 0 Å². The molecule has 0 aliphatic heterocycles. The number of hydrogen-bond acceptors (Lipinski definition) is 1. The lowest BCUT2D eigenvalue weighted by molar-refractivity contribution is 0.529. The van der Waals surface area contributed by atoms with Crippen LogP contribution in [-0.2, 0) is 5.41 Å². The summed E-state index contributed by atoms with van der Waals surface area (Å²) in [7, 11) is 0. The average molecular weight is 588 g/mol. The van der Waals surface area contributed by atoms with Gasteiger partial charge in [0, 0.05) is 22.2 Å². The zero-order chi connectivity index (χ0) is 30.5. The van der Waals surface area contributed by atoms with Crippen LogP contribution in [0.5, 0.6) is 0 Å². The van der Waals surface area contributed by atoms with Gasteiger partial charge >= 0.3 is 0 Å². The largest absolute Gasteiger partial charge is 0.310 e. The fraction of sp³-hybridized carbons (Fsp3) is 0.0667. The number of anilines is 3. The third-order valence-electron chi connectivity index (χ3n) is 10.1. The van der Waals surface area contributed by atoms with Crippen molar-refractivity contribution in [2.45, 2.75) is 18.3 Å². The Labute approximate surface area is 270 Å². The van der Waals surface area contributed by atoms with E-state index in [1.165, 1.54) is 60.6 Å². The fourth-order valence-electron chi connectivity index (χ4n) is 7.95. The van der Waals surface area contributed by atoms with Gasteiger partial charge in [0.15, 0.2) is 0 Å². The summed E-state index contributed by atoms with van der Waals surface area (Å²) in [5.41, 5.74) is 11.4. The van der Waals surface area contributed by atoms with Gasteiger partial charge in [0.05, 0.1) is 5.69 Å². The molecule has 0 aromatic heterocycles. The normalized spacial score (nSPS) is 16.7. The van der Waals surface area contributed by atoms with E-state index in [0.717, 1.165) is 24.2 Å². The van der Waals surface area contributed by atoms with E-state index in [-0.39, 0.29) is 5.41 Å². The van der Waals surface area contributed by atoms with Crippen molar-refractivity contribution in [2.75, 3.05) is 4.90 Å². The maximum absolute atomic E-state index is 2.51. The molecule has 0 radical (unpaired) electrons. The molecule has 7 aromatic carbocycles. The van der Waals surface area contributed by atoms with Crippen molar-refractivity contribution in [3.8, 4) is 0 Å². The Bertz CT molecular complexity index is 2300. The lowest BCUT2D eigenvalue weighted by Crippen LogP contribution is -2.29. The van der Waals surface area contributed by atoms with E-state index in [9.17, 15) is 0 Å². The first kappa shape index (κ1) is 26.7. The third kappa shape index (κ3) is 4.16. The minimum absolute atomic E-state index is 0.0961. The topological polar surface area (TPSA) is 3.24 Å². The molecule has 1 spiro atoms. The van der Waals surface area contributed by atoms with Crippen LogP contribution in [0.4, 0.5) is 17.1 Å². The van der Waals surface area contributed by atoms with Crippen LogP contribution in [0.1, 0.15) is 40.7 Å². The average Bonchev–Trinajstić information content (AvgIpc) is 3.26. The summed E-state index contributed by atoms with van der Waals surface area (Å²) in [6, 6.07) is 57.8. The molecule has 0 amide bonds. The van der Waals surface area contributed by atoms with E-state index >= 15 is 0 Å². The van der Waals surface area contributed by atoms with Crippen molar-refractivity contribution in [3.05, 3.63) is 198 Å². The van der Waals surface area contributed by atoms with Gasteiger partial charge in [-0.2, -0.15) is 0 Å². The molecule has 7 aromatic rings. The number of rotatable bonds is 4. The number of fused-ring (bicyclic) bond motifs is 4. The molecule has 218 valence electrons. The van der Waals surface area contributed by atoms with Crippen molar-refractivity contribution in [1.82, 2.24) is 0 Å². The Kier molecular flexibility index (Phi) is 6.24. The number of benzene rings is 7. The molecule has 0 saturated carbocycles. The second kappa shape index (κ2) is 10.8. The van der Waals surface area contributed by atoms with Gasteiger partial charge in [0.25, 0.3) is 0 Å². The SMILES string of the molecule is C1=Cc2ccccc2C2(C1)CC=C(c1ccc(N(c3ccccc3)c3cccc4ccccc34)cc1)c1cccc3cccc2c13. The Morgan fingerprint density at radius 1 is 0.500 bits per heavy atom. The summed E-state index contributed by atoms with van der Waals surface area (Å²) in [6.45, 7) is 0. The van der Waals surface area contributed by atoms with Gasteiger partial charge in [-0.05, 0) is 92.7 Å². The summed E-state index contributed by atoms with van der Waals surface area (Å²) >= 11 is 0. The van der Waals surface area contributed by atoms with E-state index < -0.39 is 0 Å². The van der Waals surface area contributed by atoms with Crippen molar-refractivity contribution in [1.29, 1.82) is 0 Å². The highest BCUT2D eigenvalue weighted by Gasteiger charge is 2.39. The summed E-state index contributed by atoms with van der Waals surface area (Å²) in [5.74, 6) is 0. The Morgan fingerprint density at radius 3 is 2.07 bits per heavy atom. The lowest BCUT2D eigenvalue weighted by atomic mass is 9.65. The quantitative estimate of drug-likeness (QED) is 0.198. The number of nitrogens with zero attached hydrogens (tertiary/aromatic N) is 1. The van der Waals surface area contributed by atoms with Gasteiger partial charge in [0.1, 0.15) is 0 Å². The first-order valence-corrected chi connectivity index (χ1v) is 16.2. The van der Waals surface area contributed by atoms with Crippen LogP contribution in [-0.4, -0.2) is 0 Å². The van der Waals surface area contributed by atoms with E-state index in [4.69, 9.17) is 0 Å². The molecule has 46 heavy (non-hydrogen) atoms. The summed E-state index contributed by atoms with van der Waals surface area (Å²) in [6.07, 6.45) is 9.14.